The molecule has 0 heterocycles. The molecule has 1 atom stereocenters. The summed E-state index contributed by atoms with van der Waals surface area (Å²) in [6.45, 7) is 1.35. The fourth-order valence-corrected chi connectivity index (χ4v) is 1.44. The van der Waals surface area contributed by atoms with E-state index in [0.717, 1.165) is 6.07 Å². The number of alkyl halides is 3. The minimum Gasteiger partial charge on any atom is -0.373 e. The SMILES string of the molecule is CNC(=O)NC(=O)C(C)Nc1ccccc1C(F)(F)F. The van der Waals surface area contributed by atoms with Gasteiger partial charge >= 0.3 is 12.2 Å². The summed E-state index contributed by atoms with van der Waals surface area (Å²) in [5.74, 6) is -0.735. The number of anilines is 1. The summed E-state index contributed by atoms with van der Waals surface area (Å²) in [7, 11) is 1.32. The van der Waals surface area contributed by atoms with Gasteiger partial charge in [0.15, 0.2) is 0 Å². The van der Waals surface area contributed by atoms with Crippen LogP contribution in [0, 0.1) is 0 Å². The summed E-state index contributed by atoms with van der Waals surface area (Å²) in [5.41, 5.74) is -1.10. The number of halogens is 3. The molecule has 1 aromatic carbocycles. The molecular formula is C12H14F3N3O2. The molecule has 0 radical (unpaired) electrons. The fourth-order valence-electron chi connectivity index (χ4n) is 1.44. The lowest BCUT2D eigenvalue weighted by Gasteiger charge is -2.18. The van der Waals surface area contributed by atoms with Gasteiger partial charge in [0, 0.05) is 12.7 Å². The Labute approximate surface area is 113 Å². The zero-order chi connectivity index (χ0) is 15.3. The molecule has 20 heavy (non-hydrogen) atoms. The highest BCUT2D eigenvalue weighted by atomic mass is 19.4. The van der Waals surface area contributed by atoms with Crippen LogP contribution >= 0.6 is 0 Å². The Morgan fingerprint density at radius 3 is 2.35 bits per heavy atom. The number of hydrogen-bond donors (Lipinski definition) is 3. The van der Waals surface area contributed by atoms with Crippen molar-refractivity contribution in [3.63, 3.8) is 0 Å². The maximum atomic E-state index is 12.8. The minimum absolute atomic E-state index is 0.223. The molecule has 1 rings (SSSR count). The first kappa shape index (κ1) is 15.8. The van der Waals surface area contributed by atoms with Crippen LogP contribution < -0.4 is 16.0 Å². The van der Waals surface area contributed by atoms with Crippen LogP contribution in [0.4, 0.5) is 23.7 Å². The third kappa shape index (κ3) is 4.15. The van der Waals surface area contributed by atoms with E-state index in [4.69, 9.17) is 0 Å². The molecule has 0 fully saturated rings. The number of carbonyl (C=O) groups is 2. The summed E-state index contributed by atoms with van der Waals surface area (Å²) in [5, 5.41) is 6.58. The zero-order valence-electron chi connectivity index (χ0n) is 10.8. The molecule has 0 bridgehead atoms. The van der Waals surface area contributed by atoms with Crippen LogP contribution in [0.2, 0.25) is 0 Å². The molecule has 0 aliphatic rings. The lowest BCUT2D eigenvalue weighted by molar-refractivity contribution is -0.137. The van der Waals surface area contributed by atoms with Crippen LogP contribution in [0.25, 0.3) is 0 Å². The Bertz CT molecular complexity index is 503. The predicted octanol–water partition coefficient (Wildman–Crippen LogP) is 1.96. The predicted molar refractivity (Wildman–Crippen MR) is 67.1 cm³/mol. The summed E-state index contributed by atoms with van der Waals surface area (Å²) >= 11 is 0. The van der Waals surface area contributed by atoms with E-state index < -0.39 is 29.7 Å². The van der Waals surface area contributed by atoms with Crippen LogP contribution in [-0.4, -0.2) is 25.0 Å². The molecule has 0 aliphatic carbocycles. The average molecular weight is 289 g/mol. The van der Waals surface area contributed by atoms with Gasteiger partial charge < -0.3 is 10.6 Å². The monoisotopic (exact) mass is 289 g/mol. The highest BCUT2D eigenvalue weighted by molar-refractivity contribution is 5.97. The Morgan fingerprint density at radius 1 is 1.20 bits per heavy atom. The largest absolute Gasteiger partial charge is 0.418 e. The van der Waals surface area contributed by atoms with E-state index in [0.29, 0.717) is 0 Å². The number of carbonyl (C=O) groups excluding carboxylic acids is 2. The van der Waals surface area contributed by atoms with Crippen molar-refractivity contribution in [2.24, 2.45) is 0 Å². The minimum atomic E-state index is -4.53. The van der Waals surface area contributed by atoms with Crippen LogP contribution in [0.1, 0.15) is 12.5 Å². The van der Waals surface area contributed by atoms with Crippen molar-refractivity contribution in [3.8, 4) is 0 Å². The van der Waals surface area contributed by atoms with Gasteiger partial charge in [-0.3, -0.25) is 10.1 Å². The quantitative estimate of drug-likeness (QED) is 0.796. The molecule has 0 aromatic heterocycles. The molecule has 1 unspecified atom stereocenters. The van der Waals surface area contributed by atoms with E-state index in [-0.39, 0.29) is 5.69 Å². The molecule has 8 heteroatoms. The lowest BCUT2D eigenvalue weighted by atomic mass is 10.1. The summed E-state index contributed by atoms with van der Waals surface area (Å²) < 4.78 is 38.3. The number of amides is 3. The second kappa shape index (κ2) is 6.27. The molecule has 1 aromatic rings. The van der Waals surface area contributed by atoms with Gasteiger partial charge in [0.1, 0.15) is 6.04 Å². The molecule has 5 nitrogen and oxygen atoms in total. The van der Waals surface area contributed by atoms with Crippen LogP contribution in [0.15, 0.2) is 24.3 Å². The van der Waals surface area contributed by atoms with Crippen LogP contribution in [0.5, 0.6) is 0 Å². The van der Waals surface area contributed by atoms with Gasteiger partial charge in [0.2, 0.25) is 5.91 Å². The first-order valence-electron chi connectivity index (χ1n) is 5.71. The van der Waals surface area contributed by atoms with Crippen molar-refractivity contribution in [2.75, 3.05) is 12.4 Å². The van der Waals surface area contributed by atoms with Crippen LogP contribution in [0.3, 0.4) is 0 Å². The molecule has 3 amide bonds. The van der Waals surface area contributed by atoms with Crippen molar-refractivity contribution >= 4 is 17.6 Å². The number of imide groups is 1. The van der Waals surface area contributed by atoms with Gasteiger partial charge in [-0.05, 0) is 19.1 Å². The zero-order valence-corrected chi connectivity index (χ0v) is 10.8. The van der Waals surface area contributed by atoms with Crippen LogP contribution in [-0.2, 0) is 11.0 Å². The number of hydrogen-bond acceptors (Lipinski definition) is 3. The van der Waals surface area contributed by atoms with E-state index >= 15 is 0 Å². The second-order valence-corrected chi connectivity index (χ2v) is 3.98. The molecule has 0 spiro atoms. The van der Waals surface area contributed by atoms with E-state index in [1.807, 2.05) is 5.32 Å². The normalized spacial score (nSPS) is 12.4. The van der Waals surface area contributed by atoms with Crippen molar-refractivity contribution < 1.29 is 22.8 Å². The number of urea groups is 1. The van der Waals surface area contributed by atoms with E-state index in [9.17, 15) is 22.8 Å². The molecule has 3 N–H and O–H groups in total. The maximum Gasteiger partial charge on any atom is 0.418 e. The molecule has 0 saturated carbocycles. The Kier molecular flexibility index (Phi) is 4.95. The van der Waals surface area contributed by atoms with Gasteiger partial charge in [-0.1, -0.05) is 12.1 Å². The number of benzene rings is 1. The van der Waals surface area contributed by atoms with E-state index in [1.54, 1.807) is 0 Å². The first-order chi connectivity index (χ1) is 9.25. The first-order valence-corrected chi connectivity index (χ1v) is 5.71. The standard InChI is InChI=1S/C12H14F3N3O2/c1-7(10(19)18-11(20)16-2)17-9-6-4-3-5-8(9)12(13,14)15/h3-7,17H,1-2H3,(H2,16,18,19,20). The number of para-hydroxylation sites is 1. The Morgan fingerprint density at radius 2 is 1.80 bits per heavy atom. The van der Waals surface area contributed by atoms with Crippen molar-refractivity contribution in [1.29, 1.82) is 0 Å². The molecule has 0 saturated heterocycles. The topological polar surface area (TPSA) is 70.2 Å². The van der Waals surface area contributed by atoms with Gasteiger partial charge in [-0.25, -0.2) is 4.79 Å². The Balaban J connectivity index is 2.83. The third-order valence-electron chi connectivity index (χ3n) is 2.46. The number of nitrogens with one attached hydrogen (secondary N) is 3. The van der Waals surface area contributed by atoms with Crippen molar-refractivity contribution in [2.45, 2.75) is 19.1 Å². The van der Waals surface area contributed by atoms with E-state index in [2.05, 4.69) is 10.6 Å². The van der Waals surface area contributed by atoms with Gasteiger partial charge in [-0.15, -0.1) is 0 Å². The second-order valence-electron chi connectivity index (χ2n) is 3.98. The highest BCUT2D eigenvalue weighted by Gasteiger charge is 2.33. The smallest absolute Gasteiger partial charge is 0.373 e. The van der Waals surface area contributed by atoms with Gasteiger partial charge in [0.25, 0.3) is 0 Å². The van der Waals surface area contributed by atoms with E-state index in [1.165, 1.54) is 32.2 Å². The molecular weight excluding hydrogens is 275 g/mol. The van der Waals surface area contributed by atoms with Crippen molar-refractivity contribution in [3.05, 3.63) is 29.8 Å². The molecule has 110 valence electrons. The van der Waals surface area contributed by atoms with Gasteiger partial charge in [-0.2, -0.15) is 13.2 Å². The average Bonchev–Trinajstić information content (AvgIpc) is 2.37. The fraction of sp³-hybridized carbons (Fsp3) is 0.333. The number of rotatable bonds is 3. The summed E-state index contributed by atoms with van der Waals surface area (Å²) in [4.78, 5) is 22.5. The summed E-state index contributed by atoms with van der Waals surface area (Å²) in [6.07, 6.45) is -4.53. The van der Waals surface area contributed by atoms with Gasteiger partial charge in [0.05, 0.1) is 5.56 Å². The summed E-state index contributed by atoms with van der Waals surface area (Å²) in [6, 6.07) is 3.06. The highest BCUT2D eigenvalue weighted by Crippen LogP contribution is 2.34. The third-order valence-corrected chi connectivity index (χ3v) is 2.46. The molecule has 0 aliphatic heterocycles. The lowest BCUT2D eigenvalue weighted by Crippen LogP contribution is -2.44. The van der Waals surface area contributed by atoms with Crippen molar-refractivity contribution in [1.82, 2.24) is 10.6 Å². The maximum absolute atomic E-state index is 12.8. The Hall–Kier alpha value is -2.25.